The Morgan fingerprint density at radius 2 is 2.17 bits per heavy atom. The predicted octanol–water partition coefficient (Wildman–Crippen LogP) is 4.43. The summed E-state index contributed by atoms with van der Waals surface area (Å²) in [7, 11) is 1.71. The van der Waals surface area contributed by atoms with E-state index in [0.717, 1.165) is 36.7 Å². The molecular weight excluding hydrogens is 343 g/mol. The fourth-order valence-electron chi connectivity index (χ4n) is 3.44. The molecule has 0 bridgehead atoms. The van der Waals surface area contributed by atoms with Crippen LogP contribution in [0.4, 0.5) is 0 Å². The van der Waals surface area contributed by atoms with Crippen LogP contribution in [0, 0.1) is 11.8 Å². The van der Waals surface area contributed by atoms with E-state index in [0.29, 0.717) is 5.92 Å². The molecule has 0 aliphatic carbocycles. The van der Waals surface area contributed by atoms with E-state index in [4.69, 9.17) is 4.74 Å². The monoisotopic (exact) mass is 368 g/mol. The third kappa shape index (κ3) is 4.62. The molecule has 1 aliphatic rings. The second kappa shape index (κ2) is 9.87. The minimum absolute atomic E-state index is 0. The van der Waals surface area contributed by atoms with Gasteiger partial charge in [0.25, 0.3) is 0 Å². The normalized spacial score (nSPS) is 19.9. The summed E-state index contributed by atoms with van der Waals surface area (Å²) >= 11 is 0. The maximum Gasteiger partial charge on any atom is 0.119 e. The summed E-state index contributed by atoms with van der Waals surface area (Å²) in [6.07, 6.45) is 7.56. The Bertz CT molecular complexity index is 663. The molecule has 3 rings (SSSR count). The molecule has 0 saturated carbocycles. The van der Waals surface area contributed by atoms with Gasteiger partial charge in [-0.2, -0.15) is 0 Å². The topological polar surface area (TPSA) is 34.2 Å². The number of methoxy groups -OCH3 is 1. The molecule has 5 heteroatoms. The average Bonchev–Trinajstić information content (AvgIpc) is 2.59. The van der Waals surface area contributed by atoms with E-state index in [1.807, 2.05) is 18.3 Å². The van der Waals surface area contributed by atoms with Gasteiger partial charge < -0.3 is 10.1 Å². The van der Waals surface area contributed by atoms with E-state index in [2.05, 4.69) is 35.1 Å². The summed E-state index contributed by atoms with van der Waals surface area (Å²) in [5.41, 5.74) is 2.41. The maximum atomic E-state index is 5.36. The van der Waals surface area contributed by atoms with Crippen molar-refractivity contribution in [1.29, 1.82) is 0 Å². The van der Waals surface area contributed by atoms with Gasteiger partial charge in [0.1, 0.15) is 5.75 Å². The van der Waals surface area contributed by atoms with Crippen molar-refractivity contribution in [1.82, 2.24) is 10.3 Å². The maximum absolute atomic E-state index is 5.36. The Balaban J connectivity index is 0.00000144. The standard InChI is InChI=1S/C19H24N2O.2ClH/c1-3-14-13-20-10-8-15(14)4-5-16-9-11-21-19-7-6-17(22-2)12-18(16)19;;/h3,6-7,9,11-12,14-15,20H,1,4-5,8,10,13H2,2H3;2*1H/t14-,15+;;/m0../s1. The summed E-state index contributed by atoms with van der Waals surface area (Å²) < 4.78 is 5.36. The molecule has 0 unspecified atom stereocenters. The number of ether oxygens (including phenoxy) is 1. The summed E-state index contributed by atoms with van der Waals surface area (Å²) in [4.78, 5) is 4.46. The van der Waals surface area contributed by atoms with Crippen LogP contribution in [0.15, 0.2) is 43.1 Å². The van der Waals surface area contributed by atoms with Crippen LogP contribution >= 0.6 is 24.8 Å². The lowest BCUT2D eigenvalue weighted by Crippen LogP contribution is -2.35. The van der Waals surface area contributed by atoms with Crippen molar-refractivity contribution in [3.8, 4) is 5.75 Å². The van der Waals surface area contributed by atoms with E-state index in [-0.39, 0.29) is 24.8 Å². The number of hydrogen-bond acceptors (Lipinski definition) is 3. The van der Waals surface area contributed by atoms with Crippen LogP contribution in [0.5, 0.6) is 5.75 Å². The number of fused-ring (bicyclic) bond motifs is 1. The van der Waals surface area contributed by atoms with Gasteiger partial charge in [0.2, 0.25) is 0 Å². The molecular formula is C19H26Cl2N2O. The highest BCUT2D eigenvalue weighted by atomic mass is 35.5. The molecule has 132 valence electrons. The van der Waals surface area contributed by atoms with Gasteiger partial charge in [0, 0.05) is 18.1 Å². The molecule has 2 heterocycles. The van der Waals surface area contributed by atoms with Gasteiger partial charge in [-0.05, 0) is 67.5 Å². The summed E-state index contributed by atoms with van der Waals surface area (Å²) in [5, 5.41) is 4.67. The lowest BCUT2D eigenvalue weighted by Gasteiger charge is -2.30. The number of nitrogens with one attached hydrogen (secondary N) is 1. The number of benzene rings is 1. The van der Waals surface area contributed by atoms with Crippen LogP contribution < -0.4 is 10.1 Å². The van der Waals surface area contributed by atoms with Crippen molar-refractivity contribution in [2.45, 2.75) is 19.3 Å². The summed E-state index contributed by atoms with van der Waals surface area (Å²) in [5.74, 6) is 2.22. The van der Waals surface area contributed by atoms with Crippen molar-refractivity contribution in [2.24, 2.45) is 11.8 Å². The first-order chi connectivity index (χ1) is 10.8. The van der Waals surface area contributed by atoms with Crippen molar-refractivity contribution < 1.29 is 4.74 Å². The average molecular weight is 369 g/mol. The molecule has 1 saturated heterocycles. The second-order valence-electron chi connectivity index (χ2n) is 6.04. The SMILES string of the molecule is C=C[C@H]1CNCC[C@H]1CCc1ccnc2ccc(OC)cc12.Cl.Cl. The quantitative estimate of drug-likeness (QED) is 0.792. The fraction of sp³-hybridized carbons (Fsp3) is 0.421. The van der Waals surface area contributed by atoms with Gasteiger partial charge in [-0.3, -0.25) is 4.98 Å². The van der Waals surface area contributed by atoms with Crippen LogP contribution in [-0.4, -0.2) is 25.2 Å². The largest absolute Gasteiger partial charge is 0.497 e. The molecule has 1 aromatic carbocycles. The molecule has 3 nitrogen and oxygen atoms in total. The number of halogens is 2. The number of rotatable bonds is 5. The first-order valence-corrected chi connectivity index (χ1v) is 8.06. The van der Waals surface area contributed by atoms with E-state index < -0.39 is 0 Å². The molecule has 24 heavy (non-hydrogen) atoms. The van der Waals surface area contributed by atoms with Gasteiger partial charge in [-0.25, -0.2) is 0 Å². The Labute approximate surface area is 156 Å². The molecule has 2 atom stereocenters. The smallest absolute Gasteiger partial charge is 0.119 e. The van der Waals surface area contributed by atoms with Crippen molar-refractivity contribution in [3.63, 3.8) is 0 Å². The molecule has 1 aliphatic heterocycles. The third-order valence-electron chi connectivity index (χ3n) is 4.80. The van der Waals surface area contributed by atoms with Crippen LogP contribution in [0.3, 0.4) is 0 Å². The molecule has 2 aromatic rings. The van der Waals surface area contributed by atoms with Gasteiger partial charge in [0.15, 0.2) is 0 Å². The van der Waals surface area contributed by atoms with Crippen LogP contribution in [0.25, 0.3) is 10.9 Å². The first kappa shape index (κ1) is 20.8. The Kier molecular flexibility index (Phi) is 8.54. The van der Waals surface area contributed by atoms with Gasteiger partial charge >= 0.3 is 0 Å². The lowest BCUT2D eigenvalue weighted by molar-refractivity contribution is 0.285. The zero-order valence-corrected chi connectivity index (χ0v) is 15.7. The number of piperidine rings is 1. The Morgan fingerprint density at radius 3 is 2.92 bits per heavy atom. The van der Waals surface area contributed by atoms with Crippen molar-refractivity contribution in [3.05, 3.63) is 48.7 Å². The molecule has 1 aromatic heterocycles. The molecule has 0 spiro atoms. The van der Waals surface area contributed by atoms with E-state index in [9.17, 15) is 0 Å². The van der Waals surface area contributed by atoms with Crippen molar-refractivity contribution >= 4 is 35.7 Å². The molecule has 1 N–H and O–H groups in total. The Morgan fingerprint density at radius 1 is 1.33 bits per heavy atom. The summed E-state index contributed by atoms with van der Waals surface area (Å²) in [6, 6.07) is 8.26. The number of hydrogen-bond donors (Lipinski definition) is 1. The number of aromatic nitrogens is 1. The highest BCUT2D eigenvalue weighted by molar-refractivity contribution is 5.85. The van der Waals surface area contributed by atoms with Crippen molar-refractivity contribution in [2.75, 3.05) is 20.2 Å². The fourth-order valence-corrected chi connectivity index (χ4v) is 3.44. The van der Waals surface area contributed by atoms with E-state index in [1.165, 1.54) is 23.8 Å². The minimum Gasteiger partial charge on any atom is -0.497 e. The number of aryl methyl sites for hydroxylation is 1. The second-order valence-corrected chi connectivity index (χ2v) is 6.04. The van der Waals surface area contributed by atoms with Gasteiger partial charge in [-0.15, -0.1) is 31.4 Å². The minimum atomic E-state index is 0. The number of nitrogens with zero attached hydrogens (tertiary/aromatic N) is 1. The predicted molar refractivity (Wildman–Crippen MR) is 106 cm³/mol. The van der Waals surface area contributed by atoms with E-state index in [1.54, 1.807) is 7.11 Å². The van der Waals surface area contributed by atoms with Crippen LogP contribution in [-0.2, 0) is 6.42 Å². The Hall–Kier alpha value is -1.29. The zero-order valence-electron chi connectivity index (χ0n) is 14.0. The zero-order chi connectivity index (χ0) is 15.4. The van der Waals surface area contributed by atoms with E-state index >= 15 is 0 Å². The van der Waals surface area contributed by atoms with Crippen LogP contribution in [0.2, 0.25) is 0 Å². The summed E-state index contributed by atoms with van der Waals surface area (Å²) in [6.45, 7) is 6.19. The molecule has 1 fully saturated rings. The highest BCUT2D eigenvalue weighted by Gasteiger charge is 2.22. The molecule has 0 radical (unpaired) electrons. The highest BCUT2D eigenvalue weighted by Crippen LogP contribution is 2.28. The molecule has 0 amide bonds. The number of pyridine rings is 1. The van der Waals surface area contributed by atoms with Crippen LogP contribution in [0.1, 0.15) is 18.4 Å². The first-order valence-electron chi connectivity index (χ1n) is 8.06. The van der Waals surface area contributed by atoms with Gasteiger partial charge in [0.05, 0.1) is 12.6 Å². The third-order valence-corrected chi connectivity index (χ3v) is 4.80. The lowest BCUT2D eigenvalue weighted by atomic mass is 9.82. The van der Waals surface area contributed by atoms with Gasteiger partial charge in [-0.1, -0.05) is 6.08 Å².